The number of pyridine rings is 1. The van der Waals surface area contributed by atoms with Crippen molar-refractivity contribution in [3.8, 4) is 5.75 Å². The second kappa shape index (κ2) is 7.55. The molecular weight excluding hydrogens is 394 g/mol. The molecule has 2 aliphatic rings. The standard InChI is InChI=1S/C21H22ClN3O4/c1-12(26)24-8-7-16-13(10-24)11-25(15-4-5-15)21(28)19(16)20(27)23-17-9-14(22)3-6-18(17)29-2/h3,6,9,11,15H,4-5,7-8,10H2,1-2H3,(H,23,27). The molecule has 152 valence electrons. The van der Waals surface area contributed by atoms with E-state index in [-0.39, 0.29) is 23.1 Å². The largest absolute Gasteiger partial charge is 0.495 e. The summed E-state index contributed by atoms with van der Waals surface area (Å²) in [5.41, 5.74) is 1.81. The predicted octanol–water partition coefficient (Wildman–Crippen LogP) is 3.00. The number of amides is 2. The third-order valence-corrected chi connectivity index (χ3v) is 5.68. The Bertz CT molecular complexity index is 1060. The van der Waals surface area contributed by atoms with Gasteiger partial charge in [0.25, 0.3) is 11.5 Å². The normalized spacial score (nSPS) is 15.6. The number of carbonyl (C=O) groups is 2. The van der Waals surface area contributed by atoms with Crippen molar-refractivity contribution in [3.05, 3.63) is 56.5 Å². The number of benzene rings is 1. The number of methoxy groups -OCH3 is 1. The summed E-state index contributed by atoms with van der Waals surface area (Å²) in [4.78, 5) is 39.9. The van der Waals surface area contributed by atoms with Gasteiger partial charge in [-0.1, -0.05) is 11.6 Å². The van der Waals surface area contributed by atoms with Gasteiger partial charge in [-0.25, -0.2) is 0 Å². The lowest BCUT2D eigenvalue weighted by Gasteiger charge is -2.29. The summed E-state index contributed by atoms with van der Waals surface area (Å²) < 4.78 is 6.94. The number of rotatable bonds is 4. The number of hydrogen-bond donors (Lipinski definition) is 1. The van der Waals surface area contributed by atoms with E-state index in [1.807, 2.05) is 6.20 Å². The quantitative estimate of drug-likeness (QED) is 0.832. The average Bonchev–Trinajstić information content (AvgIpc) is 3.52. The lowest BCUT2D eigenvalue weighted by molar-refractivity contribution is -0.129. The van der Waals surface area contributed by atoms with Gasteiger partial charge in [0.15, 0.2) is 0 Å². The van der Waals surface area contributed by atoms with E-state index in [9.17, 15) is 14.4 Å². The van der Waals surface area contributed by atoms with Gasteiger partial charge in [0.05, 0.1) is 12.8 Å². The number of fused-ring (bicyclic) bond motifs is 1. The molecule has 1 N–H and O–H groups in total. The first-order chi connectivity index (χ1) is 13.9. The smallest absolute Gasteiger partial charge is 0.263 e. The van der Waals surface area contributed by atoms with E-state index in [4.69, 9.17) is 16.3 Å². The van der Waals surface area contributed by atoms with Gasteiger partial charge in [-0.15, -0.1) is 0 Å². The van der Waals surface area contributed by atoms with Crippen LogP contribution in [0.2, 0.25) is 5.02 Å². The van der Waals surface area contributed by atoms with Gasteiger partial charge in [-0.05, 0) is 48.6 Å². The van der Waals surface area contributed by atoms with Gasteiger partial charge in [0.1, 0.15) is 11.3 Å². The molecule has 29 heavy (non-hydrogen) atoms. The number of ether oxygens (including phenoxy) is 1. The van der Waals surface area contributed by atoms with Crippen molar-refractivity contribution in [2.45, 2.75) is 38.8 Å². The Morgan fingerprint density at radius 2 is 2.03 bits per heavy atom. The highest BCUT2D eigenvalue weighted by molar-refractivity contribution is 6.31. The summed E-state index contributed by atoms with van der Waals surface area (Å²) >= 11 is 6.06. The van der Waals surface area contributed by atoms with Gasteiger partial charge in [0.2, 0.25) is 5.91 Å². The van der Waals surface area contributed by atoms with Crippen LogP contribution >= 0.6 is 11.6 Å². The maximum absolute atomic E-state index is 13.2. The molecule has 0 bridgehead atoms. The fourth-order valence-electron chi connectivity index (χ4n) is 3.77. The summed E-state index contributed by atoms with van der Waals surface area (Å²) in [6.07, 6.45) is 4.11. The van der Waals surface area contributed by atoms with Crippen molar-refractivity contribution in [2.24, 2.45) is 0 Å². The summed E-state index contributed by atoms with van der Waals surface area (Å²) in [6, 6.07) is 5.03. The SMILES string of the molecule is COc1ccc(Cl)cc1NC(=O)c1c2c(cn(C3CC3)c1=O)CN(C(C)=O)CC2. The molecule has 1 saturated carbocycles. The zero-order valence-electron chi connectivity index (χ0n) is 16.3. The monoisotopic (exact) mass is 415 g/mol. The minimum absolute atomic E-state index is 0.0190. The maximum atomic E-state index is 13.2. The molecule has 0 saturated heterocycles. The average molecular weight is 416 g/mol. The van der Waals surface area contributed by atoms with Gasteiger partial charge in [-0.3, -0.25) is 14.4 Å². The minimum atomic E-state index is -0.488. The van der Waals surface area contributed by atoms with E-state index in [0.29, 0.717) is 41.5 Å². The molecule has 4 rings (SSSR count). The van der Waals surface area contributed by atoms with Crippen LogP contribution in [0, 0.1) is 0 Å². The molecule has 2 amide bonds. The van der Waals surface area contributed by atoms with E-state index >= 15 is 0 Å². The lowest BCUT2D eigenvalue weighted by Crippen LogP contribution is -2.39. The first kappa shape index (κ1) is 19.5. The summed E-state index contributed by atoms with van der Waals surface area (Å²) in [7, 11) is 1.50. The molecule has 0 unspecified atom stereocenters. The van der Waals surface area contributed by atoms with E-state index in [1.54, 1.807) is 27.7 Å². The molecule has 0 spiro atoms. The van der Waals surface area contributed by atoms with E-state index < -0.39 is 5.91 Å². The zero-order valence-corrected chi connectivity index (χ0v) is 17.1. The van der Waals surface area contributed by atoms with Crippen molar-refractivity contribution < 1.29 is 14.3 Å². The highest BCUT2D eigenvalue weighted by atomic mass is 35.5. The maximum Gasteiger partial charge on any atom is 0.263 e. The van der Waals surface area contributed by atoms with E-state index in [1.165, 1.54) is 14.0 Å². The van der Waals surface area contributed by atoms with Gasteiger partial charge < -0.3 is 19.5 Å². The van der Waals surface area contributed by atoms with Crippen LogP contribution in [0.5, 0.6) is 5.75 Å². The first-order valence-electron chi connectivity index (χ1n) is 9.56. The Labute approximate surface area is 173 Å². The second-order valence-electron chi connectivity index (χ2n) is 7.44. The highest BCUT2D eigenvalue weighted by Gasteiger charge is 2.32. The summed E-state index contributed by atoms with van der Waals surface area (Å²) in [6.45, 7) is 2.41. The molecule has 7 nitrogen and oxygen atoms in total. The molecule has 1 aromatic heterocycles. The number of nitrogens with zero attached hydrogens (tertiary/aromatic N) is 2. The van der Waals surface area contributed by atoms with Crippen molar-refractivity contribution >= 4 is 29.1 Å². The highest BCUT2D eigenvalue weighted by Crippen LogP contribution is 2.35. The molecule has 1 aliphatic heterocycles. The molecular formula is C21H22ClN3O4. The number of anilines is 1. The number of halogens is 1. The van der Waals surface area contributed by atoms with Crippen LogP contribution in [-0.4, -0.2) is 34.9 Å². The topological polar surface area (TPSA) is 80.6 Å². The number of hydrogen-bond acceptors (Lipinski definition) is 4. The third-order valence-electron chi connectivity index (χ3n) is 5.45. The van der Waals surface area contributed by atoms with Crippen LogP contribution in [-0.2, 0) is 17.8 Å². The van der Waals surface area contributed by atoms with Gasteiger partial charge >= 0.3 is 0 Å². The van der Waals surface area contributed by atoms with Crippen molar-refractivity contribution in [2.75, 3.05) is 19.0 Å². The fraction of sp³-hybridized carbons (Fsp3) is 0.381. The molecule has 0 radical (unpaired) electrons. The van der Waals surface area contributed by atoms with Crippen LogP contribution in [0.25, 0.3) is 0 Å². The Balaban J connectivity index is 1.77. The number of aromatic nitrogens is 1. The third kappa shape index (κ3) is 3.74. The molecule has 1 fully saturated rings. The lowest BCUT2D eigenvalue weighted by atomic mass is 9.96. The Morgan fingerprint density at radius 1 is 1.28 bits per heavy atom. The number of carbonyl (C=O) groups excluding carboxylic acids is 2. The van der Waals surface area contributed by atoms with Crippen molar-refractivity contribution in [3.63, 3.8) is 0 Å². The number of nitrogens with one attached hydrogen (secondary N) is 1. The van der Waals surface area contributed by atoms with Gasteiger partial charge in [0, 0.05) is 37.3 Å². The molecule has 2 heterocycles. The van der Waals surface area contributed by atoms with Crippen LogP contribution in [0.4, 0.5) is 5.69 Å². The van der Waals surface area contributed by atoms with Crippen LogP contribution < -0.4 is 15.6 Å². The Kier molecular flexibility index (Phi) is 5.08. The van der Waals surface area contributed by atoms with Crippen LogP contribution in [0.1, 0.15) is 47.3 Å². The molecule has 0 atom stereocenters. The first-order valence-corrected chi connectivity index (χ1v) is 9.94. The Hall–Kier alpha value is -2.80. The van der Waals surface area contributed by atoms with Gasteiger partial charge in [-0.2, -0.15) is 0 Å². The van der Waals surface area contributed by atoms with Crippen LogP contribution in [0.3, 0.4) is 0 Å². The molecule has 1 aliphatic carbocycles. The van der Waals surface area contributed by atoms with Crippen LogP contribution in [0.15, 0.2) is 29.2 Å². The zero-order chi connectivity index (χ0) is 20.7. The molecule has 8 heteroatoms. The molecule has 1 aromatic carbocycles. The minimum Gasteiger partial charge on any atom is -0.495 e. The summed E-state index contributed by atoms with van der Waals surface area (Å²) in [5.74, 6) is -0.0506. The second-order valence-corrected chi connectivity index (χ2v) is 7.88. The van der Waals surface area contributed by atoms with E-state index in [0.717, 1.165) is 18.4 Å². The van der Waals surface area contributed by atoms with Crippen molar-refractivity contribution in [1.82, 2.24) is 9.47 Å². The molecule has 2 aromatic rings. The fourth-order valence-corrected chi connectivity index (χ4v) is 3.94. The predicted molar refractivity (Wildman–Crippen MR) is 110 cm³/mol. The van der Waals surface area contributed by atoms with Crippen molar-refractivity contribution in [1.29, 1.82) is 0 Å². The summed E-state index contributed by atoms with van der Waals surface area (Å²) in [5, 5.41) is 3.24. The van der Waals surface area contributed by atoms with E-state index in [2.05, 4.69) is 5.32 Å². The Morgan fingerprint density at radius 3 is 2.69 bits per heavy atom.